The molecule has 88 valence electrons. The van der Waals surface area contributed by atoms with E-state index in [-0.39, 0.29) is 5.56 Å². The molecule has 0 saturated heterocycles. The summed E-state index contributed by atoms with van der Waals surface area (Å²) < 4.78 is 5.30. The van der Waals surface area contributed by atoms with Crippen molar-refractivity contribution in [2.45, 2.75) is 33.3 Å². The van der Waals surface area contributed by atoms with Gasteiger partial charge >= 0.3 is 5.97 Å². The molecule has 0 aromatic carbocycles. The average molecular weight is 224 g/mol. The van der Waals surface area contributed by atoms with Gasteiger partial charge in [-0.1, -0.05) is 13.8 Å². The van der Waals surface area contributed by atoms with E-state index >= 15 is 0 Å². The zero-order chi connectivity index (χ0) is 12.0. The van der Waals surface area contributed by atoms with Gasteiger partial charge in [-0.05, 0) is 12.8 Å². The summed E-state index contributed by atoms with van der Waals surface area (Å²) in [6.45, 7) is 4.88. The van der Waals surface area contributed by atoms with Crippen LogP contribution >= 0.6 is 0 Å². The molecule has 0 atom stereocenters. The van der Waals surface area contributed by atoms with Gasteiger partial charge in [0, 0.05) is 12.8 Å². The number of aromatic nitrogens is 2. The maximum atomic E-state index is 10.8. The molecule has 0 aliphatic heterocycles. The third-order valence-corrected chi connectivity index (χ3v) is 2.06. The predicted octanol–water partition coefficient (Wildman–Crippen LogP) is 1.66. The molecule has 0 amide bonds. The van der Waals surface area contributed by atoms with Crippen LogP contribution in [0, 0.1) is 0 Å². The molecule has 0 aliphatic carbocycles. The van der Waals surface area contributed by atoms with E-state index < -0.39 is 5.97 Å². The molecule has 0 bridgehead atoms. The molecule has 0 unspecified atom stereocenters. The monoisotopic (exact) mass is 224 g/mol. The van der Waals surface area contributed by atoms with Crippen molar-refractivity contribution in [1.82, 2.24) is 9.97 Å². The van der Waals surface area contributed by atoms with Crippen LogP contribution in [0.15, 0.2) is 6.20 Å². The molecule has 0 radical (unpaired) electrons. The van der Waals surface area contributed by atoms with Crippen LogP contribution < -0.4 is 0 Å². The molecule has 0 saturated carbocycles. The summed E-state index contributed by atoms with van der Waals surface area (Å²) >= 11 is 0. The minimum Gasteiger partial charge on any atom is -0.478 e. The maximum Gasteiger partial charge on any atom is 0.339 e. The summed E-state index contributed by atoms with van der Waals surface area (Å²) in [4.78, 5) is 19.0. The van der Waals surface area contributed by atoms with E-state index in [1.807, 2.05) is 13.8 Å². The normalized spacial score (nSPS) is 10.4. The van der Waals surface area contributed by atoms with Gasteiger partial charge < -0.3 is 9.84 Å². The number of hydrogen-bond donors (Lipinski definition) is 1. The first-order chi connectivity index (χ1) is 7.69. The Hall–Kier alpha value is -1.49. The van der Waals surface area contributed by atoms with E-state index in [2.05, 4.69) is 9.97 Å². The van der Waals surface area contributed by atoms with Crippen LogP contribution in [0.3, 0.4) is 0 Å². The second-order valence-electron chi connectivity index (χ2n) is 3.36. The van der Waals surface area contributed by atoms with Crippen LogP contribution in [-0.4, -0.2) is 27.7 Å². The summed E-state index contributed by atoms with van der Waals surface area (Å²) in [5.74, 6) is -0.451. The van der Waals surface area contributed by atoms with Crippen molar-refractivity contribution >= 4 is 5.97 Å². The first-order valence-corrected chi connectivity index (χ1v) is 5.34. The first-order valence-electron chi connectivity index (χ1n) is 5.34. The highest BCUT2D eigenvalue weighted by Crippen LogP contribution is 2.07. The molecular weight excluding hydrogens is 208 g/mol. The fourth-order valence-electron chi connectivity index (χ4n) is 1.28. The Balaban J connectivity index is 2.78. The number of carboxylic acids is 1. The van der Waals surface area contributed by atoms with Gasteiger partial charge in [0.2, 0.25) is 0 Å². The van der Waals surface area contributed by atoms with E-state index in [4.69, 9.17) is 9.84 Å². The van der Waals surface area contributed by atoms with Crippen molar-refractivity contribution in [2.24, 2.45) is 0 Å². The van der Waals surface area contributed by atoms with E-state index in [0.29, 0.717) is 31.2 Å². The van der Waals surface area contributed by atoms with Gasteiger partial charge in [0.1, 0.15) is 6.61 Å². The minimum absolute atomic E-state index is 0.168. The number of carboxylic acid groups (broad SMARTS) is 1. The maximum absolute atomic E-state index is 10.8. The van der Waals surface area contributed by atoms with Crippen molar-refractivity contribution in [3.63, 3.8) is 0 Å². The van der Waals surface area contributed by atoms with Gasteiger partial charge in [-0.25, -0.2) is 14.8 Å². The number of ether oxygens (including phenoxy) is 1. The molecule has 5 nitrogen and oxygen atoms in total. The number of nitrogens with zero attached hydrogens (tertiary/aromatic N) is 2. The summed E-state index contributed by atoms with van der Waals surface area (Å²) in [6, 6.07) is 0. The quantitative estimate of drug-likeness (QED) is 0.744. The van der Waals surface area contributed by atoms with Crippen LogP contribution in [0.4, 0.5) is 0 Å². The smallest absolute Gasteiger partial charge is 0.339 e. The lowest BCUT2D eigenvalue weighted by molar-refractivity contribution is 0.0694. The lowest BCUT2D eigenvalue weighted by atomic mass is 10.2. The SMILES string of the molecule is CCCOCc1ncc(C(=O)O)c(CC)n1. The van der Waals surface area contributed by atoms with Gasteiger partial charge in [0.15, 0.2) is 5.82 Å². The van der Waals surface area contributed by atoms with Crippen molar-refractivity contribution in [3.05, 3.63) is 23.3 Å². The van der Waals surface area contributed by atoms with Crippen LogP contribution in [-0.2, 0) is 17.8 Å². The Morgan fingerprint density at radius 2 is 2.25 bits per heavy atom. The van der Waals surface area contributed by atoms with Crippen molar-refractivity contribution < 1.29 is 14.6 Å². The number of aryl methyl sites for hydroxylation is 1. The molecule has 0 spiro atoms. The minimum atomic E-state index is -0.988. The highest BCUT2D eigenvalue weighted by atomic mass is 16.5. The van der Waals surface area contributed by atoms with E-state index in [1.165, 1.54) is 6.20 Å². The summed E-state index contributed by atoms with van der Waals surface area (Å²) in [5.41, 5.74) is 0.722. The molecule has 0 aliphatic rings. The summed E-state index contributed by atoms with van der Waals surface area (Å²) in [7, 11) is 0. The van der Waals surface area contributed by atoms with Gasteiger partial charge in [-0.15, -0.1) is 0 Å². The van der Waals surface area contributed by atoms with E-state index in [0.717, 1.165) is 6.42 Å². The fourth-order valence-corrected chi connectivity index (χ4v) is 1.28. The van der Waals surface area contributed by atoms with Crippen LogP contribution in [0.25, 0.3) is 0 Å². The average Bonchev–Trinajstić information content (AvgIpc) is 2.29. The predicted molar refractivity (Wildman–Crippen MR) is 58.3 cm³/mol. The summed E-state index contributed by atoms with van der Waals surface area (Å²) in [6.07, 6.45) is 2.86. The van der Waals surface area contributed by atoms with Crippen molar-refractivity contribution in [2.75, 3.05) is 6.61 Å². The summed E-state index contributed by atoms with van der Waals surface area (Å²) in [5, 5.41) is 8.89. The zero-order valence-corrected chi connectivity index (χ0v) is 9.56. The van der Waals surface area contributed by atoms with Gasteiger partial charge in [-0.3, -0.25) is 0 Å². The van der Waals surface area contributed by atoms with Crippen molar-refractivity contribution in [1.29, 1.82) is 0 Å². The van der Waals surface area contributed by atoms with E-state index in [9.17, 15) is 4.79 Å². The number of rotatable bonds is 6. The number of carbonyl (C=O) groups is 1. The first kappa shape index (κ1) is 12.6. The fraction of sp³-hybridized carbons (Fsp3) is 0.545. The molecule has 5 heteroatoms. The molecule has 1 aromatic heterocycles. The zero-order valence-electron chi connectivity index (χ0n) is 9.56. The molecule has 1 N–H and O–H groups in total. The highest BCUT2D eigenvalue weighted by molar-refractivity contribution is 5.88. The number of aromatic carboxylic acids is 1. The molecule has 1 heterocycles. The van der Waals surface area contributed by atoms with Crippen LogP contribution in [0.2, 0.25) is 0 Å². The van der Waals surface area contributed by atoms with Gasteiger partial charge in [0.25, 0.3) is 0 Å². The molecule has 1 rings (SSSR count). The highest BCUT2D eigenvalue weighted by Gasteiger charge is 2.11. The third kappa shape index (κ3) is 3.27. The van der Waals surface area contributed by atoms with E-state index in [1.54, 1.807) is 0 Å². The van der Waals surface area contributed by atoms with Crippen LogP contribution in [0.5, 0.6) is 0 Å². The lowest BCUT2D eigenvalue weighted by Gasteiger charge is -2.05. The van der Waals surface area contributed by atoms with Gasteiger partial charge in [-0.2, -0.15) is 0 Å². The molecule has 16 heavy (non-hydrogen) atoms. The van der Waals surface area contributed by atoms with Crippen LogP contribution in [0.1, 0.15) is 42.1 Å². The molecular formula is C11H16N2O3. The topological polar surface area (TPSA) is 72.3 Å². The Morgan fingerprint density at radius 1 is 1.50 bits per heavy atom. The Bertz CT molecular complexity index is 366. The van der Waals surface area contributed by atoms with Crippen molar-refractivity contribution in [3.8, 4) is 0 Å². The Labute approximate surface area is 94.5 Å². The third-order valence-electron chi connectivity index (χ3n) is 2.06. The lowest BCUT2D eigenvalue weighted by Crippen LogP contribution is -2.09. The standard InChI is InChI=1S/C11H16N2O3/c1-3-5-16-7-10-12-6-8(11(14)15)9(4-2)13-10/h6H,3-5,7H2,1-2H3,(H,14,15). The largest absolute Gasteiger partial charge is 0.478 e. The molecule has 1 aromatic rings. The second-order valence-corrected chi connectivity index (χ2v) is 3.36. The Morgan fingerprint density at radius 3 is 2.81 bits per heavy atom. The van der Waals surface area contributed by atoms with Gasteiger partial charge in [0.05, 0.1) is 11.3 Å². The Kier molecular flexibility index (Phi) is 4.85. The second kappa shape index (κ2) is 6.17. The molecule has 0 fully saturated rings. The number of hydrogen-bond acceptors (Lipinski definition) is 4.